The SMILES string of the molecule is COCCN=C1Nc2ccccc2CNC12CCN(C(=O)c1cc(Cl)ccc1OC)C2. The zero-order valence-corrected chi connectivity index (χ0v) is 18.5. The number of hydrogen-bond acceptors (Lipinski definition) is 5. The second kappa shape index (κ2) is 9.26. The molecule has 0 aromatic heterocycles. The molecule has 31 heavy (non-hydrogen) atoms. The molecule has 0 bridgehead atoms. The monoisotopic (exact) mass is 442 g/mol. The zero-order valence-electron chi connectivity index (χ0n) is 17.8. The van der Waals surface area contributed by atoms with Gasteiger partial charge in [-0.25, -0.2) is 0 Å². The summed E-state index contributed by atoms with van der Waals surface area (Å²) in [6.45, 7) is 2.86. The number of amides is 1. The van der Waals surface area contributed by atoms with Crippen molar-refractivity contribution in [3.05, 3.63) is 58.6 Å². The number of nitrogens with one attached hydrogen (secondary N) is 2. The summed E-state index contributed by atoms with van der Waals surface area (Å²) in [7, 11) is 3.22. The Bertz CT molecular complexity index is 997. The number of likely N-dealkylation sites (tertiary alicyclic amines) is 1. The lowest BCUT2D eigenvalue weighted by atomic mass is 9.96. The standard InChI is InChI=1S/C23H27ClN4O3/c1-30-12-10-25-22-23(26-14-16-5-3-4-6-19(16)27-22)9-11-28(15-23)21(29)18-13-17(24)7-8-20(18)31-2/h3-8,13,26H,9-12,14-15H2,1-2H3,(H,25,27). The largest absolute Gasteiger partial charge is 0.496 e. The van der Waals surface area contributed by atoms with Gasteiger partial charge in [0.05, 0.1) is 31.4 Å². The van der Waals surface area contributed by atoms with Crippen LogP contribution in [0.2, 0.25) is 5.02 Å². The molecule has 4 rings (SSSR count). The molecule has 2 aromatic rings. The lowest BCUT2D eigenvalue weighted by Gasteiger charge is -2.30. The Balaban J connectivity index is 1.62. The minimum atomic E-state index is -0.464. The van der Waals surface area contributed by atoms with Crippen molar-refractivity contribution < 1.29 is 14.3 Å². The van der Waals surface area contributed by atoms with Crippen LogP contribution in [-0.2, 0) is 11.3 Å². The number of fused-ring (bicyclic) bond motifs is 1. The predicted molar refractivity (Wildman–Crippen MR) is 122 cm³/mol. The highest BCUT2D eigenvalue weighted by atomic mass is 35.5. The molecule has 7 nitrogen and oxygen atoms in total. The summed E-state index contributed by atoms with van der Waals surface area (Å²) < 4.78 is 10.6. The molecule has 1 atom stereocenters. The van der Waals surface area contributed by atoms with Crippen LogP contribution >= 0.6 is 11.6 Å². The highest BCUT2D eigenvalue weighted by molar-refractivity contribution is 6.31. The van der Waals surface area contributed by atoms with Crippen LogP contribution in [0, 0.1) is 0 Å². The fraction of sp³-hybridized carbons (Fsp3) is 0.391. The summed E-state index contributed by atoms with van der Waals surface area (Å²) in [4.78, 5) is 20.0. The number of rotatable bonds is 5. The van der Waals surface area contributed by atoms with Crippen LogP contribution in [0.4, 0.5) is 5.69 Å². The van der Waals surface area contributed by atoms with Crippen LogP contribution in [0.1, 0.15) is 22.3 Å². The maximum atomic E-state index is 13.4. The van der Waals surface area contributed by atoms with Gasteiger partial charge in [-0.05, 0) is 36.2 Å². The number of aliphatic imine (C=N–C) groups is 1. The quantitative estimate of drug-likeness (QED) is 0.695. The van der Waals surface area contributed by atoms with Crippen molar-refractivity contribution in [3.8, 4) is 5.75 Å². The molecule has 1 unspecified atom stereocenters. The second-order valence-corrected chi connectivity index (χ2v) is 8.20. The summed E-state index contributed by atoms with van der Waals surface area (Å²) in [5, 5.41) is 7.72. The van der Waals surface area contributed by atoms with E-state index < -0.39 is 5.54 Å². The summed E-state index contributed by atoms with van der Waals surface area (Å²) in [5.74, 6) is 1.25. The molecule has 0 aliphatic carbocycles. The van der Waals surface area contributed by atoms with Crippen molar-refractivity contribution >= 4 is 29.0 Å². The minimum Gasteiger partial charge on any atom is -0.496 e. The van der Waals surface area contributed by atoms with Gasteiger partial charge in [0, 0.05) is 37.5 Å². The van der Waals surface area contributed by atoms with Crippen molar-refractivity contribution in [1.29, 1.82) is 0 Å². The fourth-order valence-electron chi connectivity index (χ4n) is 4.17. The molecule has 1 spiro atoms. The molecule has 0 saturated carbocycles. The average Bonchev–Trinajstić information content (AvgIpc) is 3.16. The van der Waals surface area contributed by atoms with E-state index in [9.17, 15) is 4.79 Å². The number of carbonyl (C=O) groups excluding carboxylic acids is 1. The lowest BCUT2D eigenvalue weighted by Crippen LogP contribution is -2.55. The molecule has 2 aliphatic rings. The van der Waals surface area contributed by atoms with Crippen LogP contribution in [0.25, 0.3) is 0 Å². The molecule has 1 amide bonds. The first-order chi connectivity index (χ1) is 15.1. The average molecular weight is 443 g/mol. The third-order valence-electron chi connectivity index (χ3n) is 5.85. The Labute approximate surface area is 187 Å². The van der Waals surface area contributed by atoms with Gasteiger partial charge < -0.3 is 19.7 Å². The van der Waals surface area contributed by atoms with Crippen molar-refractivity contribution in [2.75, 3.05) is 45.8 Å². The van der Waals surface area contributed by atoms with Gasteiger partial charge in [0.25, 0.3) is 5.91 Å². The van der Waals surface area contributed by atoms with E-state index in [2.05, 4.69) is 22.8 Å². The number of halogens is 1. The van der Waals surface area contributed by atoms with E-state index in [1.807, 2.05) is 17.0 Å². The molecule has 8 heteroatoms. The number of para-hydroxylation sites is 1. The van der Waals surface area contributed by atoms with Gasteiger partial charge in [-0.1, -0.05) is 29.8 Å². The number of hydrogen-bond donors (Lipinski definition) is 2. The van der Waals surface area contributed by atoms with Crippen molar-refractivity contribution in [3.63, 3.8) is 0 Å². The molecular weight excluding hydrogens is 416 g/mol. The summed E-state index contributed by atoms with van der Waals surface area (Å²) in [6.07, 6.45) is 0.744. The van der Waals surface area contributed by atoms with Crippen LogP contribution in [0.3, 0.4) is 0 Å². The van der Waals surface area contributed by atoms with Crippen molar-refractivity contribution in [2.45, 2.75) is 18.5 Å². The highest BCUT2D eigenvalue weighted by Gasteiger charge is 2.45. The van der Waals surface area contributed by atoms with Crippen LogP contribution in [0.15, 0.2) is 47.5 Å². The van der Waals surface area contributed by atoms with Gasteiger partial charge >= 0.3 is 0 Å². The Morgan fingerprint density at radius 1 is 1.26 bits per heavy atom. The van der Waals surface area contributed by atoms with Crippen LogP contribution in [-0.4, -0.2) is 62.6 Å². The number of ether oxygens (including phenoxy) is 2. The first-order valence-corrected chi connectivity index (χ1v) is 10.7. The van der Waals surface area contributed by atoms with Crippen molar-refractivity contribution in [1.82, 2.24) is 10.2 Å². The number of amidine groups is 1. The highest BCUT2D eigenvalue weighted by Crippen LogP contribution is 2.32. The Morgan fingerprint density at radius 3 is 2.90 bits per heavy atom. The van der Waals surface area contributed by atoms with Gasteiger partial charge in [0.2, 0.25) is 0 Å². The number of anilines is 1. The molecular formula is C23H27ClN4O3. The molecule has 2 heterocycles. The topological polar surface area (TPSA) is 75.2 Å². The molecule has 1 fully saturated rings. The maximum Gasteiger partial charge on any atom is 0.257 e. The number of methoxy groups -OCH3 is 2. The first kappa shape index (κ1) is 21.6. The van der Waals surface area contributed by atoms with E-state index in [0.29, 0.717) is 49.1 Å². The summed E-state index contributed by atoms with van der Waals surface area (Å²) in [5.41, 5.74) is 2.20. The van der Waals surface area contributed by atoms with E-state index in [1.54, 1.807) is 32.4 Å². The van der Waals surface area contributed by atoms with Gasteiger partial charge in [0.1, 0.15) is 11.6 Å². The van der Waals surface area contributed by atoms with E-state index >= 15 is 0 Å². The van der Waals surface area contributed by atoms with E-state index in [0.717, 1.165) is 17.9 Å². The second-order valence-electron chi connectivity index (χ2n) is 7.76. The third kappa shape index (κ3) is 4.39. The molecule has 164 valence electrons. The summed E-state index contributed by atoms with van der Waals surface area (Å²) in [6, 6.07) is 13.3. The smallest absolute Gasteiger partial charge is 0.257 e. The zero-order chi connectivity index (χ0) is 21.8. The first-order valence-electron chi connectivity index (χ1n) is 10.3. The van der Waals surface area contributed by atoms with Crippen molar-refractivity contribution in [2.24, 2.45) is 4.99 Å². The fourth-order valence-corrected chi connectivity index (χ4v) is 4.34. The molecule has 2 aromatic carbocycles. The maximum absolute atomic E-state index is 13.4. The van der Waals surface area contributed by atoms with Crippen LogP contribution in [0.5, 0.6) is 5.75 Å². The minimum absolute atomic E-state index is 0.101. The number of carbonyl (C=O) groups is 1. The predicted octanol–water partition coefficient (Wildman–Crippen LogP) is 3.19. The number of benzene rings is 2. The number of nitrogens with zero attached hydrogens (tertiary/aromatic N) is 2. The Hall–Kier alpha value is -2.61. The van der Waals surface area contributed by atoms with E-state index in [-0.39, 0.29) is 5.91 Å². The normalized spacial score (nSPS) is 21.6. The van der Waals surface area contributed by atoms with Gasteiger partial charge in [-0.15, -0.1) is 0 Å². The molecule has 0 radical (unpaired) electrons. The molecule has 1 saturated heterocycles. The lowest BCUT2D eigenvalue weighted by molar-refractivity contribution is 0.0782. The molecule has 2 N–H and O–H groups in total. The molecule has 2 aliphatic heterocycles. The summed E-state index contributed by atoms with van der Waals surface area (Å²) >= 11 is 6.15. The Morgan fingerprint density at radius 2 is 2.10 bits per heavy atom. The van der Waals surface area contributed by atoms with Gasteiger partial charge in [0.15, 0.2) is 0 Å². The Kier molecular flexibility index (Phi) is 6.46. The van der Waals surface area contributed by atoms with E-state index in [1.165, 1.54) is 5.56 Å². The third-order valence-corrected chi connectivity index (χ3v) is 6.09. The van der Waals surface area contributed by atoms with E-state index in [4.69, 9.17) is 26.1 Å². The van der Waals surface area contributed by atoms with Gasteiger partial charge in [-0.3, -0.25) is 15.1 Å². The van der Waals surface area contributed by atoms with Crippen LogP contribution < -0.4 is 15.4 Å². The van der Waals surface area contributed by atoms with Gasteiger partial charge in [-0.2, -0.15) is 0 Å².